The van der Waals surface area contributed by atoms with E-state index in [1.54, 1.807) is 24.3 Å². The molecule has 0 aliphatic carbocycles. The summed E-state index contributed by atoms with van der Waals surface area (Å²) in [5.74, 6) is -0.165. The summed E-state index contributed by atoms with van der Waals surface area (Å²) in [7, 11) is 0. The third-order valence-corrected chi connectivity index (χ3v) is 3.23. The van der Waals surface area contributed by atoms with Crippen LogP contribution >= 0.6 is 0 Å². The summed E-state index contributed by atoms with van der Waals surface area (Å²) in [6, 6.07) is 6.85. The average molecular weight is 276 g/mol. The fraction of sp³-hybridized carbons (Fsp3) is 0.467. The second-order valence-electron chi connectivity index (χ2n) is 4.96. The van der Waals surface area contributed by atoms with Crippen LogP contribution < -0.4 is 10.6 Å². The molecule has 0 spiro atoms. The first kappa shape index (κ1) is 14.7. The second-order valence-corrected chi connectivity index (χ2v) is 4.96. The number of benzene rings is 1. The van der Waals surface area contributed by atoms with Gasteiger partial charge < -0.3 is 15.4 Å². The molecule has 108 valence electrons. The lowest BCUT2D eigenvalue weighted by Crippen LogP contribution is -2.36. The minimum atomic E-state index is -0.128. The van der Waals surface area contributed by atoms with Gasteiger partial charge in [0, 0.05) is 24.7 Å². The molecule has 5 heteroatoms. The number of amides is 1. The van der Waals surface area contributed by atoms with E-state index >= 15 is 0 Å². The molecule has 0 radical (unpaired) electrons. The van der Waals surface area contributed by atoms with Gasteiger partial charge in [0.25, 0.3) is 0 Å². The number of carbonyl (C=O) groups is 2. The summed E-state index contributed by atoms with van der Waals surface area (Å²) in [6.07, 6.45) is 2.22. The van der Waals surface area contributed by atoms with E-state index in [0.717, 1.165) is 25.9 Å². The number of nitrogens with one attached hydrogen (secondary N) is 2. The monoisotopic (exact) mass is 276 g/mol. The van der Waals surface area contributed by atoms with Crippen molar-refractivity contribution in [3.05, 3.63) is 29.8 Å². The number of carbonyl (C=O) groups excluding carboxylic acids is 2. The average Bonchev–Trinajstić information content (AvgIpc) is 2.46. The molecular formula is C15H20N2O3. The number of rotatable bonds is 5. The molecule has 1 fully saturated rings. The lowest BCUT2D eigenvalue weighted by molar-refractivity contribution is -0.114. The molecule has 1 aromatic rings. The van der Waals surface area contributed by atoms with Crippen LogP contribution in [0.25, 0.3) is 0 Å². The highest BCUT2D eigenvalue weighted by molar-refractivity contribution is 5.98. The molecule has 2 rings (SSSR count). The van der Waals surface area contributed by atoms with Gasteiger partial charge in [0.1, 0.15) is 6.61 Å². The molecule has 5 nitrogen and oxygen atoms in total. The van der Waals surface area contributed by atoms with E-state index in [0.29, 0.717) is 11.3 Å². The Hall–Kier alpha value is -1.72. The normalized spacial score (nSPS) is 18.6. The van der Waals surface area contributed by atoms with E-state index in [4.69, 9.17) is 4.74 Å². The molecule has 1 unspecified atom stereocenters. The standard InChI is InChI=1S/C15H20N2O3/c1-11(18)17-13-6-4-12(5-7-13)15(19)10-20-14-3-2-8-16-9-14/h4-7,14,16H,2-3,8-10H2,1H3,(H,17,18). The van der Waals surface area contributed by atoms with Gasteiger partial charge >= 0.3 is 0 Å². The van der Waals surface area contributed by atoms with Crippen molar-refractivity contribution in [2.75, 3.05) is 25.0 Å². The molecule has 1 heterocycles. The lowest BCUT2D eigenvalue weighted by atomic mass is 10.1. The van der Waals surface area contributed by atoms with Gasteiger partial charge in [-0.15, -0.1) is 0 Å². The van der Waals surface area contributed by atoms with Crippen LogP contribution in [0.15, 0.2) is 24.3 Å². The maximum Gasteiger partial charge on any atom is 0.221 e. The quantitative estimate of drug-likeness (QED) is 0.802. The smallest absolute Gasteiger partial charge is 0.221 e. The van der Waals surface area contributed by atoms with E-state index in [9.17, 15) is 9.59 Å². The first-order chi connectivity index (χ1) is 9.65. The molecule has 1 aliphatic heterocycles. The fourth-order valence-corrected chi connectivity index (χ4v) is 2.18. The maximum atomic E-state index is 12.0. The number of hydrogen-bond acceptors (Lipinski definition) is 4. The first-order valence-corrected chi connectivity index (χ1v) is 6.88. The topological polar surface area (TPSA) is 67.4 Å². The maximum absolute atomic E-state index is 12.0. The number of piperidine rings is 1. The Labute approximate surface area is 118 Å². The zero-order valence-corrected chi connectivity index (χ0v) is 11.6. The zero-order valence-electron chi connectivity index (χ0n) is 11.6. The van der Waals surface area contributed by atoms with Gasteiger partial charge in [0.2, 0.25) is 5.91 Å². The predicted molar refractivity (Wildman–Crippen MR) is 76.9 cm³/mol. The molecule has 1 atom stereocenters. The Kier molecular flexibility index (Phi) is 5.26. The molecule has 20 heavy (non-hydrogen) atoms. The number of ketones is 1. The summed E-state index contributed by atoms with van der Waals surface area (Å²) in [5.41, 5.74) is 1.29. The van der Waals surface area contributed by atoms with Gasteiger partial charge in [-0.25, -0.2) is 0 Å². The van der Waals surface area contributed by atoms with Crippen molar-refractivity contribution in [3.8, 4) is 0 Å². The van der Waals surface area contributed by atoms with E-state index in [1.807, 2.05) is 0 Å². The van der Waals surface area contributed by atoms with E-state index in [2.05, 4.69) is 10.6 Å². The van der Waals surface area contributed by atoms with Crippen molar-refractivity contribution in [2.45, 2.75) is 25.9 Å². The predicted octanol–water partition coefficient (Wildman–Crippen LogP) is 1.60. The van der Waals surface area contributed by atoms with Crippen LogP contribution in [0.4, 0.5) is 5.69 Å². The molecule has 0 bridgehead atoms. The van der Waals surface area contributed by atoms with Crippen LogP contribution in [0.2, 0.25) is 0 Å². The second kappa shape index (κ2) is 7.17. The van der Waals surface area contributed by atoms with Crippen LogP contribution in [-0.2, 0) is 9.53 Å². The van der Waals surface area contributed by atoms with Crippen molar-refractivity contribution < 1.29 is 14.3 Å². The number of anilines is 1. The molecule has 2 N–H and O–H groups in total. The van der Waals surface area contributed by atoms with Crippen molar-refractivity contribution in [1.82, 2.24) is 5.32 Å². The Bertz CT molecular complexity index is 465. The van der Waals surface area contributed by atoms with Crippen LogP contribution in [-0.4, -0.2) is 37.5 Å². The van der Waals surface area contributed by atoms with E-state index < -0.39 is 0 Å². The number of ether oxygens (including phenoxy) is 1. The molecule has 1 amide bonds. The molecular weight excluding hydrogens is 256 g/mol. The summed E-state index contributed by atoms with van der Waals surface area (Å²) < 4.78 is 5.61. The number of hydrogen-bond donors (Lipinski definition) is 2. The molecule has 0 saturated carbocycles. The molecule has 1 aromatic carbocycles. The van der Waals surface area contributed by atoms with Crippen LogP contribution in [0.1, 0.15) is 30.1 Å². The fourth-order valence-electron chi connectivity index (χ4n) is 2.18. The minimum absolute atomic E-state index is 0.0371. The molecule has 1 saturated heterocycles. The van der Waals surface area contributed by atoms with Crippen LogP contribution in [0, 0.1) is 0 Å². The van der Waals surface area contributed by atoms with E-state index in [1.165, 1.54) is 6.92 Å². The minimum Gasteiger partial charge on any atom is -0.369 e. The van der Waals surface area contributed by atoms with Gasteiger partial charge in [-0.2, -0.15) is 0 Å². The Balaban J connectivity index is 1.83. The van der Waals surface area contributed by atoms with Gasteiger partial charge in [0.05, 0.1) is 6.10 Å². The van der Waals surface area contributed by atoms with Gasteiger partial charge in [-0.3, -0.25) is 9.59 Å². The highest BCUT2D eigenvalue weighted by Gasteiger charge is 2.15. The summed E-state index contributed by atoms with van der Waals surface area (Å²) >= 11 is 0. The first-order valence-electron chi connectivity index (χ1n) is 6.88. The Morgan fingerprint density at radius 1 is 1.35 bits per heavy atom. The largest absolute Gasteiger partial charge is 0.369 e. The lowest BCUT2D eigenvalue weighted by Gasteiger charge is -2.22. The highest BCUT2D eigenvalue weighted by atomic mass is 16.5. The summed E-state index contributed by atoms with van der Waals surface area (Å²) in [4.78, 5) is 22.9. The van der Waals surface area contributed by atoms with Crippen molar-refractivity contribution in [1.29, 1.82) is 0 Å². The van der Waals surface area contributed by atoms with Crippen molar-refractivity contribution in [3.63, 3.8) is 0 Å². The summed E-state index contributed by atoms with van der Waals surface area (Å²) in [6.45, 7) is 3.39. The van der Waals surface area contributed by atoms with Gasteiger partial charge in [-0.05, 0) is 43.7 Å². The third kappa shape index (κ3) is 4.43. The van der Waals surface area contributed by atoms with Crippen LogP contribution in [0.3, 0.4) is 0 Å². The number of Topliss-reactive ketones (excluding diaryl/α,β-unsaturated/α-hetero) is 1. The highest BCUT2D eigenvalue weighted by Crippen LogP contribution is 2.11. The Morgan fingerprint density at radius 2 is 2.10 bits per heavy atom. The molecule has 0 aromatic heterocycles. The molecule has 1 aliphatic rings. The third-order valence-electron chi connectivity index (χ3n) is 3.23. The van der Waals surface area contributed by atoms with Crippen LogP contribution in [0.5, 0.6) is 0 Å². The van der Waals surface area contributed by atoms with E-state index in [-0.39, 0.29) is 24.4 Å². The van der Waals surface area contributed by atoms with Crippen molar-refractivity contribution >= 4 is 17.4 Å². The SMILES string of the molecule is CC(=O)Nc1ccc(C(=O)COC2CCCNC2)cc1. The zero-order chi connectivity index (χ0) is 14.4. The van der Waals surface area contributed by atoms with Gasteiger partial charge in [-0.1, -0.05) is 0 Å². The van der Waals surface area contributed by atoms with Gasteiger partial charge in [0.15, 0.2) is 5.78 Å². The van der Waals surface area contributed by atoms with Crippen molar-refractivity contribution in [2.24, 2.45) is 0 Å². The Morgan fingerprint density at radius 3 is 2.70 bits per heavy atom. The summed E-state index contributed by atoms with van der Waals surface area (Å²) in [5, 5.41) is 5.91.